The largest absolute Gasteiger partial charge is 0.307 e. The first-order valence-electron chi connectivity index (χ1n) is 29.3. The average molecular weight is 1120 g/mol. The molecule has 7 aromatic heterocycles. The zero-order valence-electron chi connectivity index (χ0n) is 47.4. The van der Waals surface area contributed by atoms with Crippen molar-refractivity contribution < 1.29 is 0 Å². The normalized spacial score (nSPS) is 11.4. The van der Waals surface area contributed by atoms with Gasteiger partial charge in [0.25, 0.3) is 0 Å². The van der Waals surface area contributed by atoms with Gasteiger partial charge in [0.2, 0.25) is 0 Å². The van der Waals surface area contributed by atoms with Gasteiger partial charge in [-0.25, -0.2) is 4.98 Å². The molecule has 7 heterocycles. The van der Waals surface area contributed by atoms with E-state index in [1.807, 2.05) is 104 Å². The molecule has 0 unspecified atom stereocenters. The molecule has 0 aliphatic heterocycles. The predicted molar refractivity (Wildman–Crippen MR) is 358 cm³/mol. The van der Waals surface area contributed by atoms with Crippen molar-refractivity contribution in [2.75, 3.05) is 0 Å². The minimum absolute atomic E-state index is 0.578. The molecule has 0 saturated heterocycles. The fourth-order valence-corrected chi connectivity index (χ4v) is 12.8. The second kappa shape index (κ2) is 21.8. The molecule has 0 amide bonds. The van der Waals surface area contributed by atoms with Crippen LogP contribution in [0.1, 0.15) is 5.56 Å². The van der Waals surface area contributed by atoms with Gasteiger partial charge < -0.3 is 4.57 Å². The van der Waals surface area contributed by atoms with Crippen LogP contribution in [0.4, 0.5) is 0 Å². The van der Waals surface area contributed by atoms with E-state index in [4.69, 9.17) is 24.9 Å². The molecule has 0 saturated carbocycles. The van der Waals surface area contributed by atoms with E-state index in [2.05, 4.69) is 215 Å². The third-order valence-corrected chi connectivity index (χ3v) is 16.9. The first-order valence-corrected chi connectivity index (χ1v) is 29.3. The number of hydrogen-bond donors (Lipinski definition) is 0. The number of benzene rings is 9. The Hall–Kier alpha value is -12.2. The van der Waals surface area contributed by atoms with Crippen molar-refractivity contribution in [2.45, 2.75) is 0 Å². The van der Waals surface area contributed by atoms with E-state index in [0.717, 1.165) is 156 Å². The summed E-state index contributed by atoms with van der Waals surface area (Å²) in [6.07, 6.45) is 9.48. The Balaban J connectivity index is 0.935. The Bertz CT molecular complexity index is 5100. The van der Waals surface area contributed by atoms with Gasteiger partial charge in [0.1, 0.15) is 5.82 Å². The summed E-state index contributed by atoms with van der Waals surface area (Å²) >= 11 is 0. The minimum Gasteiger partial charge on any atom is -0.307 e. The summed E-state index contributed by atoms with van der Waals surface area (Å²) in [7, 11) is 0. The van der Waals surface area contributed by atoms with Crippen molar-refractivity contribution in [3.8, 4) is 118 Å². The van der Waals surface area contributed by atoms with Crippen LogP contribution in [0.3, 0.4) is 0 Å². The monoisotopic (exact) mass is 1120 g/mol. The topological polar surface area (TPSA) is 98.1 Å². The number of hydrogen-bond acceptors (Lipinski definition) is 6. The molecule has 0 bridgehead atoms. The molecule has 0 atom stereocenters. The first-order chi connectivity index (χ1) is 43.6. The summed E-state index contributed by atoms with van der Waals surface area (Å²) in [6.45, 7) is 0. The van der Waals surface area contributed by atoms with Crippen molar-refractivity contribution >= 4 is 43.6 Å². The lowest BCUT2D eigenvalue weighted by Crippen LogP contribution is -2.03. The van der Waals surface area contributed by atoms with Crippen LogP contribution in [0.15, 0.2) is 304 Å². The second-order valence-electron chi connectivity index (χ2n) is 21.9. The van der Waals surface area contributed by atoms with Gasteiger partial charge in [-0.1, -0.05) is 182 Å². The summed E-state index contributed by atoms with van der Waals surface area (Å²) < 4.78 is 4.64. The summed E-state index contributed by atoms with van der Waals surface area (Å²) in [5, 5.41) is 14.4. The zero-order valence-corrected chi connectivity index (χ0v) is 47.4. The number of nitrogens with zero attached hydrogens (tertiary/aromatic N) is 8. The van der Waals surface area contributed by atoms with Crippen LogP contribution in [-0.2, 0) is 0 Å². The fraction of sp³-hybridized carbons (Fsp3) is 0. The molecule has 0 radical (unpaired) electrons. The maximum Gasteiger partial charge on any atom is 0.138 e. The molecule has 16 aromatic rings. The highest BCUT2D eigenvalue weighted by Gasteiger charge is 2.24. The second-order valence-corrected chi connectivity index (χ2v) is 21.9. The molecule has 410 valence electrons. The summed E-state index contributed by atoms with van der Waals surface area (Å²) in [5.41, 5.74) is 23.5. The van der Waals surface area contributed by atoms with Crippen molar-refractivity contribution in [1.29, 1.82) is 5.26 Å². The maximum atomic E-state index is 10.1. The van der Waals surface area contributed by atoms with E-state index in [0.29, 0.717) is 5.56 Å². The van der Waals surface area contributed by atoms with Crippen molar-refractivity contribution in [3.63, 3.8) is 0 Å². The Labute approximate surface area is 507 Å². The van der Waals surface area contributed by atoms with Gasteiger partial charge in [-0.05, 0) is 119 Å². The van der Waals surface area contributed by atoms with Crippen LogP contribution >= 0.6 is 0 Å². The third kappa shape index (κ3) is 8.98. The summed E-state index contributed by atoms with van der Waals surface area (Å²) in [5.74, 6) is 0.738. The van der Waals surface area contributed by atoms with Crippen LogP contribution in [0.2, 0.25) is 0 Å². The molecule has 8 nitrogen and oxygen atoms in total. The smallest absolute Gasteiger partial charge is 0.138 e. The lowest BCUT2D eigenvalue weighted by Gasteiger charge is -2.17. The SMILES string of the molecule is N#Cc1ccc(-c2cc(-n3c4ccc(-c5cccnc5-c5ccccc5)cc4c4cc(-c5cccnc5-c5ccccc5)ccc43)ncc2-n2c3ccc(-c4cccnc4-c4ccccc4)cc3c3cc(-c4cccnc4-c4ccccc4)ccc32)cc1. The maximum absolute atomic E-state index is 10.1. The lowest BCUT2D eigenvalue weighted by molar-refractivity contribution is 1.06. The van der Waals surface area contributed by atoms with Gasteiger partial charge in [-0.3, -0.25) is 24.5 Å². The molecular formula is C80H50N8. The number of nitriles is 1. The van der Waals surface area contributed by atoms with Crippen molar-refractivity contribution in [2.24, 2.45) is 0 Å². The zero-order chi connectivity index (χ0) is 58.5. The standard InChI is InChI=1S/C80H50N8/c81-50-52-29-31-53(32-30-52)66-49-76(88-73-39-35-60(64-27-15-43-84-79(64)56-21-9-3-10-22-56)47-69(73)70-48-61(36-40-74(70)88)65-28-16-44-85-80(65)57-23-11-4-12-24-57)86-51-75(66)87-71-37-33-58(62-25-13-41-82-77(62)54-17-5-1-6-18-54)45-67(71)68-46-59(34-38-72(68)87)63-26-14-42-83-78(63)55-19-7-2-8-20-55/h1-49,51H. The number of rotatable bonds is 11. The van der Waals surface area contributed by atoms with E-state index in [1.165, 1.54) is 0 Å². The predicted octanol–water partition coefficient (Wildman–Crippen LogP) is 19.7. The molecule has 8 heteroatoms. The van der Waals surface area contributed by atoms with E-state index < -0.39 is 0 Å². The van der Waals surface area contributed by atoms with Crippen LogP contribution in [0.25, 0.3) is 156 Å². The van der Waals surface area contributed by atoms with E-state index in [9.17, 15) is 5.26 Å². The molecule has 0 aliphatic rings. The molecule has 0 fully saturated rings. The number of aromatic nitrogens is 7. The van der Waals surface area contributed by atoms with Gasteiger partial charge in [0.05, 0.1) is 68.4 Å². The third-order valence-electron chi connectivity index (χ3n) is 16.9. The molecule has 0 spiro atoms. The van der Waals surface area contributed by atoms with Gasteiger partial charge in [-0.15, -0.1) is 0 Å². The molecule has 88 heavy (non-hydrogen) atoms. The highest BCUT2D eigenvalue weighted by atomic mass is 15.1. The molecule has 9 aromatic carbocycles. The highest BCUT2D eigenvalue weighted by molar-refractivity contribution is 6.14. The van der Waals surface area contributed by atoms with Gasteiger partial charge in [0.15, 0.2) is 0 Å². The van der Waals surface area contributed by atoms with Crippen LogP contribution in [0.5, 0.6) is 0 Å². The summed E-state index contributed by atoms with van der Waals surface area (Å²) in [4.78, 5) is 25.4. The number of pyridine rings is 5. The van der Waals surface area contributed by atoms with Gasteiger partial charge in [0, 0.05) is 96.4 Å². The molecule has 16 rings (SSSR count). The fourth-order valence-electron chi connectivity index (χ4n) is 12.8. The first kappa shape index (κ1) is 51.5. The molecule has 0 aliphatic carbocycles. The Morgan fingerprint density at radius 2 is 0.580 bits per heavy atom. The van der Waals surface area contributed by atoms with E-state index in [1.54, 1.807) is 0 Å². The molecule has 0 N–H and O–H groups in total. The average Bonchev–Trinajstić information content (AvgIpc) is 2.59. The molecular weight excluding hydrogens is 1070 g/mol. The van der Waals surface area contributed by atoms with Crippen molar-refractivity contribution in [1.82, 2.24) is 34.1 Å². The minimum atomic E-state index is 0.578. The van der Waals surface area contributed by atoms with Crippen LogP contribution in [0, 0.1) is 11.3 Å². The van der Waals surface area contributed by atoms with Gasteiger partial charge in [-0.2, -0.15) is 5.26 Å². The Morgan fingerprint density at radius 1 is 0.261 bits per heavy atom. The van der Waals surface area contributed by atoms with E-state index >= 15 is 0 Å². The summed E-state index contributed by atoms with van der Waals surface area (Å²) in [6, 6.07) is 97.7. The Kier molecular flexibility index (Phi) is 12.7. The lowest BCUT2D eigenvalue weighted by atomic mass is 9.96. The quantitative estimate of drug-likeness (QED) is 0.128. The van der Waals surface area contributed by atoms with Crippen LogP contribution in [-0.4, -0.2) is 34.1 Å². The van der Waals surface area contributed by atoms with Gasteiger partial charge >= 0.3 is 0 Å². The Morgan fingerprint density at radius 3 is 0.909 bits per heavy atom. The van der Waals surface area contributed by atoms with Crippen molar-refractivity contribution in [3.05, 3.63) is 310 Å². The highest BCUT2D eigenvalue weighted by Crippen LogP contribution is 2.45. The van der Waals surface area contributed by atoms with E-state index in [-0.39, 0.29) is 0 Å². The van der Waals surface area contributed by atoms with Crippen LogP contribution < -0.4 is 0 Å². The number of fused-ring (bicyclic) bond motifs is 6.